The molecule has 4 rings (SSSR count). The van der Waals surface area contributed by atoms with Crippen molar-refractivity contribution >= 4 is 22.8 Å². The molecule has 4 aromatic rings. The number of benzene rings is 2. The number of pyridine rings is 1. The van der Waals surface area contributed by atoms with Crippen molar-refractivity contribution in [1.82, 2.24) is 9.97 Å². The van der Waals surface area contributed by atoms with E-state index in [1.165, 1.54) is 0 Å². The number of carbonyl (C=O) groups excluding carboxylic acids is 1. The lowest BCUT2D eigenvalue weighted by molar-refractivity contribution is -0.118. The Bertz CT molecular complexity index is 1160. The fraction of sp³-hybridized carbons (Fsp3) is 0.174. The van der Waals surface area contributed by atoms with Gasteiger partial charge >= 0.3 is 0 Å². The van der Waals surface area contributed by atoms with Crippen LogP contribution in [0, 0.1) is 20.8 Å². The molecule has 2 heterocycles. The van der Waals surface area contributed by atoms with Crippen molar-refractivity contribution in [2.75, 3.05) is 11.9 Å². The lowest BCUT2D eigenvalue weighted by Crippen LogP contribution is -2.20. The van der Waals surface area contributed by atoms with Crippen molar-refractivity contribution < 1.29 is 13.9 Å². The topological polar surface area (TPSA) is 77.2 Å². The maximum atomic E-state index is 12.3. The molecule has 0 aliphatic carbocycles. The highest BCUT2D eigenvalue weighted by Crippen LogP contribution is 2.27. The minimum Gasteiger partial charge on any atom is -0.483 e. The van der Waals surface area contributed by atoms with Crippen molar-refractivity contribution in [2.24, 2.45) is 0 Å². The molecule has 146 valence electrons. The summed E-state index contributed by atoms with van der Waals surface area (Å²) in [5.41, 5.74) is 5.82. The standard InChI is InChI=1S/C23H21N3O3/c1-14-6-9-19(16(3)11-14)28-13-21(27)25-18-8-7-17(12-15(18)2)23-26-22-20(29-23)5-4-10-24-22/h4-12H,13H2,1-3H3,(H,25,27). The molecule has 0 aliphatic heterocycles. The van der Waals surface area contributed by atoms with Crippen LogP contribution in [0.2, 0.25) is 0 Å². The van der Waals surface area contributed by atoms with Crippen LogP contribution in [0.15, 0.2) is 59.1 Å². The first kappa shape index (κ1) is 18.7. The van der Waals surface area contributed by atoms with Crippen LogP contribution in [0.5, 0.6) is 5.75 Å². The molecule has 0 spiro atoms. The van der Waals surface area contributed by atoms with Crippen LogP contribution in [0.25, 0.3) is 22.7 Å². The van der Waals surface area contributed by atoms with E-state index in [-0.39, 0.29) is 12.5 Å². The monoisotopic (exact) mass is 387 g/mol. The molecule has 6 heteroatoms. The number of oxazole rings is 1. The normalized spacial score (nSPS) is 10.9. The molecule has 29 heavy (non-hydrogen) atoms. The number of hydrogen-bond acceptors (Lipinski definition) is 5. The van der Waals surface area contributed by atoms with E-state index in [9.17, 15) is 4.79 Å². The number of rotatable bonds is 5. The lowest BCUT2D eigenvalue weighted by Gasteiger charge is -2.12. The third-order valence-corrected chi connectivity index (χ3v) is 4.60. The van der Waals surface area contributed by atoms with E-state index in [4.69, 9.17) is 9.15 Å². The number of aryl methyl sites for hydroxylation is 3. The second-order valence-corrected chi connectivity index (χ2v) is 6.98. The van der Waals surface area contributed by atoms with E-state index in [1.807, 2.05) is 63.2 Å². The summed E-state index contributed by atoms with van der Waals surface area (Å²) in [5, 5.41) is 2.89. The van der Waals surface area contributed by atoms with Crippen molar-refractivity contribution in [3.8, 4) is 17.2 Å². The zero-order valence-electron chi connectivity index (χ0n) is 16.5. The van der Waals surface area contributed by atoms with Gasteiger partial charge < -0.3 is 14.5 Å². The first-order valence-corrected chi connectivity index (χ1v) is 9.32. The summed E-state index contributed by atoms with van der Waals surface area (Å²) in [6.07, 6.45) is 1.68. The first-order chi connectivity index (χ1) is 14.0. The van der Waals surface area contributed by atoms with Gasteiger partial charge in [0, 0.05) is 17.4 Å². The Kier molecular flexibility index (Phi) is 4.99. The number of ether oxygens (including phenoxy) is 1. The van der Waals surface area contributed by atoms with Crippen LogP contribution in [-0.4, -0.2) is 22.5 Å². The molecule has 0 fully saturated rings. The van der Waals surface area contributed by atoms with E-state index < -0.39 is 0 Å². The van der Waals surface area contributed by atoms with Crippen LogP contribution < -0.4 is 10.1 Å². The molecule has 1 N–H and O–H groups in total. The summed E-state index contributed by atoms with van der Waals surface area (Å²) in [4.78, 5) is 20.9. The zero-order valence-corrected chi connectivity index (χ0v) is 16.5. The van der Waals surface area contributed by atoms with E-state index in [1.54, 1.807) is 12.3 Å². The number of carbonyl (C=O) groups is 1. The van der Waals surface area contributed by atoms with Gasteiger partial charge in [-0.3, -0.25) is 4.79 Å². The maximum Gasteiger partial charge on any atom is 0.262 e. The Morgan fingerprint density at radius 1 is 1.07 bits per heavy atom. The van der Waals surface area contributed by atoms with Crippen molar-refractivity contribution in [3.05, 3.63) is 71.4 Å². The third-order valence-electron chi connectivity index (χ3n) is 4.60. The molecule has 0 radical (unpaired) electrons. The summed E-state index contributed by atoms with van der Waals surface area (Å²) in [6, 6.07) is 15.1. The van der Waals surface area contributed by atoms with Gasteiger partial charge in [-0.15, -0.1) is 0 Å². The lowest BCUT2D eigenvalue weighted by atomic mass is 10.1. The van der Waals surface area contributed by atoms with Gasteiger partial charge in [-0.25, -0.2) is 4.98 Å². The summed E-state index contributed by atoms with van der Waals surface area (Å²) >= 11 is 0. The minimum absolute atomic E-state index is 0.0537. The van der Waals surface area contributed by atoms with Gasteiger partial charge in [0.1, 0.15) is 5.75 Å². The molecule has 0 bridgehead atoms. The number of amides is 1. The highest BCUT2D eigenvalue weighted by molar-refractivity contribution is 5.93. The van der Waals surface area contributed by atoms with E-state index in [0.29, 0.717) is 22.9 Å². The Labute approximate surface area is 168 Å². The fourth-order valence-electron chi connectivity index (χ4n) is 3.12. The van der Waals surface area contributed by atoms with Gasteiger partial charge in [-0.2, -0.15) is 4.98 Å². The minimum atomic E-state index is -0.216. The van der Waals surface area contributed by atoms with Crippen LogP contribution in [0.3, 0.4) is 0 Å². The van der Waals surface area contributed by atoms with Gasteiger partial charge in [0.25, 0.3) is 5.91 Å². The smallest absolute Gasteiger partial charge is 0.262 e. The van der Waals surface area contributed by atoms with Gasteiger partial charge in [-0.1, -0.05) is 17.7 Å². The average molecular weight is 387 g/mol. The number of hydrogen-bond donors (Lipinski definition) is 1. The quantitative estimate of drug-likeness (QED) is 0.531. The predicted octanol–water partition coefficient (Wildman–Crippen LogP) is 4.83. The maximum absolute atomic E-state index is 12.3. The van der Waals surface area contributed by atoms with E-state index >= 15 is 0 Å². The number of nitrogens with zero attached hydrogens (tertiary/aromatic N) is 2. The van der Waals surface area contributed by atoms with Gasteiger partial charge in [0.15, 0.2) is 17.8 Å². The second-order valence-electron chi connectivity index (χ2n) is 6.98. The molecule has 0 saturated heterocycles. The summed E-state index contributed by atoms with van der Waals surface area (Å²) in [6.45, 7) is 5.85. The van der Waals surface area contributed by atoms with Gasteiger partial charge in [0.05, 0.1) is 0 Å². The van der Waals surface area contributed by atoms with Crippen LogP contribution in [0.1, 0.15) is 16.7 Å². The largest absolute Gasteiger partial charge is 0.483 e. The predicted molar refractivity (Wildman–Crippen MR) is 112 cm³/mol. The van der Waals surface area contributed by atoms with E-state index in [0.717, 1.165) is 27.9 Å². The fourth-order valence-corrected chi connectivity index (χ4v) is 3.12. The van der Waals surface area contributed by atoms with Crippen LogP contribution in [-0.2, 0) is 4.79 Å². The Balaban J connectivity index is 1.44. The van der Waals surface area contributed by atoms with Crippen LogP contribution in [0.4, 0.5) is 5.69 Å². The molecule has 0 unspecified atom stereocenters. The number of nitrogens with one attached hydrogen (secondary N) is 1. The highest BCUT2D eigenvalue weighted by atomic mass is 16.5. The number of fused-ring (bicyclic) bond motifs is 1. The summed E-state index contributed by atoms with van der Waals surface area (Å²) in [5.74, 6) is 0.993. The van der Waals surface area contributed by atoms with Gasteiger partial charge in [-0.05, 0) is 68.3 Å². The first-order valence-electron chi connectivity index (χ1n) is 9.32. The molecule has 0 atom stereocenters. The molecule has 6 nitrogen and oxygen atoms in total. The molecule has 2 aromatic carbocycles. The number of anilines is 1. The van der Waals surface area contributed by atoms with Gasteiger partial charge in [0.2, 0.25) is 5.89 Å². The SMILES string of the molecule is Cc1ccc(OCC(=O)Nc2ccc(-c3nc4ncccc4o3)cc2C)c(C)c1. The molecule has 1 amide bonds. The molecular weight excluding hydrogens is 366 g/mol. The average Bonchev–Trinajstić information content (AvgIpc) is 3.13. The Morgan fingerprint density at radius 2 is 1.93 bits per heavy atom. The third kappa shape index (κ3) is 4.11. The molecule has 0 saturated carbocycles. The number of aromatic nitrogens is 2. The van der Waals surface area contributed by atoms with Crippen molar-refractivity contribution in [2.45, 2.75) is 20.8 Å². The molecule has 0 aliphatic rings. The molecule has 2 aromatic heterocycles. The zero-order chi connectivity index (χ0) is 20.4. The summed E-state index contributed by atoms with van der Waals surface area (Å²) in [7, 11) is 0. The highest BCUT2D eigenvalue weighted by Gasteiger charge is 2.12. The second kappa shape index (κ2) is 7.75. The Hall–Kier alpha value is -3.67. The Morgan fingerprint density at radius 3 is 2.69 bits per heavy atom. The van der Waals surface area contributed by atoms with Crippen molar-refractivity contribution in [3.63, 3.8) is 0 Å². The van der Waals surface area contributed by atoms with Crippen molar-refractivity contribution in [1.29, 1.82) is 0 Å². The van der Waals surface area contributed by atoms with Crippen LogP contribution >= 0.6 is 0 Å². The van der Waals surface area contributed by atoms with E-state index in [2.05, 4.69) is 15.3 Å². The molecular formula is C23H21N3O3. The summed E-state index contributed by atoms with van der Waals surface area (Å²) < 4.78 is 11.4.